The smallest absolute Gasteiger partial charge is 0.411 e. The van der Waals surface area contributed by atoms with Crippen molar-refractivity contribution >= 4 is 12.1 Å². The summed E-state index contributed by atoms with van der Waals surface area (Å²) >= 11 is 0. The number of hydrogen-bond donors (Lipinski definition) is 0. The van der Waals surface area contributed by atoms with Crippen LogP contribution in [-0.2, 0) is 19.0 Å². The van der Waals surface area contributed by atoms with Crippen LogP contribution in [0.1, 0.15) is 45.3 Å². The molecular formula is C21H27F4NO6. The molecule has 0 radical (unpaired) electrons. The predicted octanol–water partition coefficient (Wildman–Crippen LogP) is 4.40. The number of carbonyl (C=O) groups is 2. The van der Waals surface area contributed by atoms with Gasteiger partial charge in [0, 0.05) is 25.9 Å². The number of ether oxygens (including phenoxy) is 4. The zero-order valence-electron chi connectivity index (χ0n) is 18.3. The second-order valence-electron chi connectivity index (χ2n) is 8.30. The lowest BCUT2D eigenvalue weighted by Gasteiger charge is -2.33. The van der Waals surface area contributed by atoms with Gasteiger partial charge in [-0.2, -0.15) is 13.2 Å². The summed E-state index contributed by atoms with van der Waals surface area (Å²) in [4.78, 5) is 25.5. The van der Waals surface area contributed by atoms with E-state index in [0.717, 1.165) is 13.2 Å². The van der Waals surface area contributed by atoms with Crippen molar-refractivity contribution in [2.24, 2.45) is 0 Å². The van der Waals surface area contributed by atoms with Gasteiger partial charge in [0.25, 0.3) is 0 Å². The molecule has 0 bridgehead atoms. The second kappa shape index (κ2) is 10.4. The normalized spacial score (nSPS) is 16.4. The Morgan fingerprint density at radius 2 is 1.78 bits per heavy atom. The topological polar surface area (TPSA) is 74.3 Å². The Labute approximate surface area is 183 Å². The molecule has 1 aliphatic heterocycles. The van der Waals surface area contributed by atoms with E-state index in [9.17, 15) is 27.2 Å². The van der Waals surface area contributed by atoms with Crippen molar-refractivity contribution in [1.29, 1.82) is 0 Å². The second-order valence-corrected chi connectivity index (χ2v) is 8.30. The molecule has 1 aromatic carbocycles. The molecule has 1 fully saturated rings. The number of rotatable bonds is 6. The summed E-state index contributed by atoms with van der Waals surface area (Å²) in [5.41, 5.74) is -0.744. The third kappa shape index (κ3) is 7.85. The molecule has 180 valence electrons. The number of piperidine rings is 1. The van der Waals surface area contributed by atoms with E-state index in [1.54, 1.807) is 25.7 Å². The SMILES string of the molecule is COC(=O)C(OCC(F)(F)F)c1ccc(OC2CCN(C(=O)OC(C)(C)C)CC2)c(F)c1. The molecule has 1 aromatic rings. The quantitative estimate of drug-likeness (QED) is 0.458. The standard InChI is InChI=1S/C21H27F4NO6/c1-20(2,3)32-19(28)26-9-7-14(8-10-26)31-16-6-5-13(11-15(16)22)17(18(27)29-4)30-12-21(23,24)25/h5-6,11,14,17H,7-10,12H2,1-4H3. The van der Waals surface area contributed by atoms with Crippen LogP contribution in [0.5, 0.6) is 5.75 Å². The number of carbonyl (C=O) groups excluding carboxylic acids is 2. The van der Waals surface area contributed by atoms with E-state index >= 15 is 0 Å². The molecule has 11 heteroatoms. The molecule has 0 aliphatic carbocycles. The molecule has 7 nitrogen and oxygen atoms in total. The highest BCUT2D eigenvalue weighted by Crippen LogP contribution is 2.29. The predicted molar refractivity (Wildman–Crippen MR) is 105 cm³/mol. The number of alkyl halides is 3. The monoisotopic (exact) mass is 465 g/mol. The Hall–Kier alpha value is -2.56. The number of likely N-dealkylation sites (tertiary alicyclic amines) is 1. The number of esters is 1. The van der Waals surface area contributed by atoms with Gasteiger partial charge in [-0.3, -0.25) is 0 Å². The number of hydrogen-bond acceptors (Lipinski definition) is 6. The van der Waals surface area contributed by atoms with Crippen molar-refractivity contribution in [3.63, 3.8) is 0 Å². The van der Waals surface area contributed by atoms with Crippen molar-refractivity contribution in [1.82, 2.24) is 4.90 Å². The number of nitrogens with zero attached hydrogens (tertiary/aromatic N) is 1. The maximum Gasteiger partial charge on any atom is 0.411 e. The maximum absolute atomic E-state index is 14.6. The Kier molecular flexibility index (Phi) is 8.33. The first kappa shape index (κ1) is 25.7. The van der Waals surface area contributed by atoms with E-state index in [1.807, 2.05) is 0 Å². The Bertz CT molecular complexity index is 800. The zero-order chi connectivity index (χ0) is 24.1. The van der Waals surface area contributed by atoms with Gasteiger partial charge < -0.3 is 23.8 Å². The zero-order valence-corrected chi connectivity index (χ0v) is 18.3. The van der Waals surface area contributed by atoms with E-state index in [1.165, 1.54) is 12.1 Å². The van der Waals surface area contributed by atoms with Gasteiger partial charge in [0.2, 0.25) is 0 Å². The Balaban J connectivity index is 2.00. The van der Waals surface area contributed by atoms with Crippen LogP contribution in [0.15, 0.2) is 18.2 Å². The number of halogens is 4. The van der Waals surface area contributed by atoms with Gasteiger partial charge in [-0.15, -0.1) is 0 Å². The van der Waals surface area contributed by atoms with Crippen molar-refractivity contribution in [2.45, 2.75) is 57.6 Å². The molecule has 0 aromatic heterocycles. The van der Waals surface area contributed by atoms with Gasteiger partial charge in [-0.1, -0.05) is 6.07 Å². The van der Waals surface area contributed by atoms with Crippen LogP contribution in [0.3, 0.4) is 0 Å². The van der Waals surface area contributed by atoms with Gasteiger partial charge in [0.1, 0.15) is 18.3 Å². The molecule has 0 N–H and O–H groups in total. The van der Waals surface area contributed by atoms with Gasteiger partial charge in [-0.05, 0) is 38.5 Å². The van der Waals surface area contributed by atoms with E-state index in [2.05, 4.69) is 9.47 Å². The molecule has 1 aliphatic rings. The lowest BCUT2D eigenvalue weighted by Crippen LogP contribution is -2.44. The highest BCUT2D eigenvalue weighted by atomic mass is 19.4. The van der Waals surface area contributed by atoms with E-state index in [-0.39, 0.29) is 17.4 Å². The van der Waals surface area contributed by atoms with Crippen LogP contribution in [-0.4, -0.2) is 61.6 Å². The minimum atomic E-state index is -4.66. The number of benzene rings is 1. The lowest BCUT2D eigenvalue weighted by atomic mass is 10.1. The fraction of sp³-hybridized carbons (Fsp3) is 0.619. The first-order valence-corrected chi connectivity index (χ1v) is 9.99. The summed E-state index contributed by atoms with van der Waals surface area (Å²) in [5, 5.41) is 0. The molecule has 1 atom stereocenters. The summed E-state index contributed by atoms with van der Waals surface area (Å²) in [7, 11) is 0.990. The van der Waals surface area contributed by atoms with Gasteiger partial charge in [0.15, 0.2) is 17.7 Å². The molecule has 2 rings (SSSR count). The highest BCUT2D eigenvalue weighted by molar-refractivity contribution is 5.76. The average molecular weight is 465 g/mol. The third-order valence-electron chi connectivity index (χ3n) is 4.47. The highest BCUT2D eigenvalue weighted by Gasteiger charge is 2.33. The minimum Gasteiger partial charge on any atom is -0.487 e. The van der Waals surface area contributed by atoms with E-state index < -0.39 is 42.4 Å². The molecule has 0 spiro atoms. The summed E-state index contributed by atoms with van der Waals surface area (Å²) in [6.07, 6.45) is -6.31. The first-order valence-electron chi connectivity index (χ1n) is 9.99. The average Bonchev–Trinajstić information content (AvgIpc) is 2.68. The molecule has 1 amide bonds. The molecule has 1 heterocycles. The summed E-state index contributed by atoms with van der Waals surface area (Å²) in [6.45, 7) is 4.36. The Morgan fingerprint density at radius 1 is 1.16 bits per heavy atom. The fourth-order valence-electron chi connectivity index (χ4n) is 3.02. The van der Waals surface area contributed by atoms with Crippen LogP contribution in [0.2, 0.25) is 0 Å². The maximum atomic E-state index is 14.6. The van der Waals surface area contributed by atoms with E-state index in [0.29, 0.717) is 25.9 Å². The summed E-state index contributed by atoms with van der Waals surface area (Å²) in [6, 6.07) is 3.34. The Morgan fingerprint density at radius 3 is 2.28 bits per heavy atom. The van der Waals surface area contributed by atoms with Crippen molar-refractivity contribution < 1.29 is 46.1 Å². The first-order chi connectivity index (χ1) is 14.8. The van der Waals surface area contributed by atoms with Crippen molar-refractivity contribution in [3.05, 3.63) is 29.6 Å². The lowest BCUT2D eigenvalue weighted by molar-refractivity contribution is -0.194. The van der Waals surface area contributed by atoms with Gasteiger partial charge in [0.05, 0.1) is 7.11 Å². The fourth-order valence-corrected chi connectivity index (χ4v) is 3.02. The number of amides is 1. The largest absolute Gasteiger partial charge is 0.487 e. The molecule has 0 saturated carbocycles. The van der Waals surface area contributed by atoms with E-state index in [4.69, 9.17) is 9.47 Å². The molecule has 1 unspecified atom stereocenters. The van der Waals surface area contributed by atoms with Crippen molar-refractivity contribution in [2.75, 3.05) is 26.8 Å². The number of methoxy groups -OCH3 is 1. The van der Waals surface area contributed by atoms with Gasteiger partial charge >= 0.3 is 18.2 Å². The van der Waals surface area contributed by atoms with Crippen LogP contribution >= 0.6 is 0 Å². The minimum absolute atomic E-state index is 0.121. The van der Waals surface area contributed by atoms with Crippen LogP contribution in [0.4, 0.5) is 22.4 Å². The summed E-state index contributed by atoms with van der Waals surface area (Å²) in [5.74, 6) is -2.07. The van der Waals surface area contributed by atoms with Crippen molar-refractivity contribution in [3.8, 4) is 5.75 Å². The molecule has 1 saturated heterocycles. The van der Waals surface area contributed by atoms with Gasteiger partial charge in [-0.25, -0.2) is 14.0 Å². The molecular weight excluding hydrogens is 438 g/mol. The summed E-state index contributed by atoms with van der Waals surface area (Å²) < 4.78 is 72.0. The van der Waals surface area contributed by atoms with Crippen LogP contribution < -0.4 is 4.74 Å². The van der Waals surface area contributed by atoms with Crippen LogP contribution in [0, 0.1) is 5.82 Å². The van der Waals surface area contributed by atoms with Crippen LogP contribution in [0.25, 0.3) is 0 Å². The third-order valence-corrected chi connectivity index (χ3v) is 4.47. The molecule has 32 heavy (non-hydrogen) atoms.